The van der Waals surface area contributed by atoms with Gasteiger partial charge in [-0.25, -0.2) is 0 Å². The van der Waals surface area contributed by atoms with Gasteiger partial charge >= 0.3 is 0 Å². The lowest BCUT2D eigenvalue weighted by atomic mass is 9.93. The summed E-state index contributed by atoms with van der Waals surface area (Å²) in [7, 11) is 0. The molecule has 1 nitrogen and oxygen atoms in total. The van der Waals surface area contributed by atoms with E-state index >= 15 is 0 Å². The van der Waals surface area contributed by atoms with Crippen LogP contribution in [0.25, 0.3) is 0 Å². The van der Waals surface area contributed by atoms with Gasteiger partial charge in [0.25, 0.3) is 0 Å². The summed E-state index contributed by atoms with van der Waals surface area (Å²) < 4.78 is 0. The second-order valence-electron chi connectivity index (χ2n) is 3.97. The Morgan fingerprint density at radius 2 is 1.43 bits per heavy atom. The molecule has 2 unspecified atom stereocenters. The summed E-state index contributed by atoms with van der Waals surface area (Å²) in [5, 5.41) is 0. The van der Waals surface area contributed by atoms with E-state index in [0.29, 0.717) is 11.8 Å². The topological polar surface area (TPSA) is 17.1 Å². The van der Waals surface area contributed by atoms with Crippen LogP contribution in [0.1, 0.15) is 34.6 Å². The molecule has 0 heterocycles. The molecule has 0 aliphatic heterocycles. The molecule has 0 spiro atoms. The van der Waals surface area contributed by atoms with Gasteiger partial charge in [0.05, 0.1) is 0 Å². The first-order chi connectivity index (χ1) is 6.36. The van der Waals surface area contributed by atoms with Crippen molar-refractivity contribution in [2.24, 2.45) is 17.8 Å². The molecular weight excluding hydrogens is 172 g/mol. The van der Waals surface area contributed by atoms with Crippen molar-refractivity contribution in [1.82, 2.24) is 0 Å². The van der Waals surface area contributed by atoms with E-state index in [1.54, 1.807) is 6.92 Å². The van der Waals surface area contributed by atoms with Crippen LogP contribution in [0.2, 0.25) is 0 Å². The summed E-state index contributed by atoms with van der Waals surface area (Å²) in [5.41, 5.74) is 0. The van der Waals surface area contributed by atoms with Crippen molar-refractivity contribution in [3.8, 4) is 0 Å². The molecule has 0 bridgehead atoms. The maximum atomic E-state index is 10.7. The van der Waals surface area contributed by atoms with Crippen molar-refractivity contribution in [3.05, 3.63) is 25.3 Å². The number of carbonyl (C=O) groups excluding carboxylic acids is 1. The lowest BCUT2D eigenvalue weighted by molar-refractivity contribution is -0.121. The second-order valence-corrected chi connectivity index (χ2v) is 3.97. The molecule has 0 aromatic carbocycles. The van der Waals surface area contributed by atoms with Gasteiger partial charge in [-0.1, -0.05) is 39.8 Å². The van der Waals surface area contributed by atoms with Crippen molar-refractivity contribution >= 4 is 5.78 Å². The van der Waals surface area contributed by atoms with Gasteiger partial charge in [-0.05, 0) is 18.8 Å². The molecule has 0 amide bonds. The highest BCUT2D eigenvalue weighted by atomic mass is 16.1. The molecular formula is C13H24O. The van der Waals surface area contributed by atoms with Crippen LogP contribution in [0, 0.1) is 17.8 Å². The van der Waals surface area contributed by atoms with Crippen molar-refractivity contribution in [3.63, 3.8) is 0 Å². The predicted molar refractivity (Wildman–Crippen MR) is 64.2 cm³/mol. The largest absolute Gasteiger partial charge is 0.300 e. The number of hydrogen-bond donors (Lipinski definition) is 0. The van der Waals surface area contributed by atoms with Crippen molar-refractivity contribution in [2.75, 3.05) is 0 Å². The van der Waals surface area contributed by atoms with E-state index in [0.717, 1.165) is 0 Å². The number of allylic oxidation sites excluding steroid dienone is 2. The Balaban J connectivity index is 0. The van der Waals surface area contributed by atoms with Crippen molar-refractivity contribution in [1.29, 1.82) is 0 Å². The quantitative estimate of drug-likeness (QED) is 0.624. The van der Waals surface area contributed by atoms with Crippen LogP contribution in [0.15, 0.2) is 25.3 Å². The smallest absolute Gasteiger partial charge is 0.133 e. The normalized spacial score (nSPS) is 13.6. The lowest BCUT2D eigenvalue weighted by Crippen LogP contribution is -2.13. The fourth-order valence-corrected chi connectivity index (χ4v) is 0.574. The molecule has 0 radical (unpaired) electrons. The van der Waals surface area contributed by atoms with Crippen molar-refractivity contribution < 1.29 is 4.79 Å². The Morgan fingerprint density at radius 3 is 1.50 bits per heavy atom. The average molecular weight is 196 g/mol. The van der Waals surface area contributed by atoms with Crippen molar-refractivity contribution in [2.45, 2.75) is 34.6 Å². The number of ketones is 1. The van der Waals surface area contributed by atoms with Crippen LogP contribution in [-0.4, -0.2) is 5.78 Å². The number of Topliss-reactive ketones (excluding diaryl/α,β-unsaturated/α-hetero) is 1. The van der Waals surface area contributed by atoms with Crippen LogP contribution in [0.5, 0.6) is 0 Å². The van der Waals surface area contributed by atoms with E-state index in [-0.39, 0.29) is 11.7 Å². The summed E-state index contributed by atoms with van der Waals surface area (Å²) in [6, 6.07) is 0. The predicted octanol–water partition coefficient (Wildman–Crippen LogP) is 3.86. The SMILES string of the molecule is C=CC(C)C.C=CC(C)C(C)C(C)=O. The first kappa shape index (κ1) is 15.6. The van der Waals surface area contributed by atoms with Gasteiger partial charge < -0.3 is 0 Å². The number of hydrogen-bond acceptors (Lipinski definition) is 1. The minimum Gasteiger partial charge on any atom is -0.300 e. The molecule has 0 saturated heterocycles. The Labute approximate surface area is 88.9 Å². The molecule has 82 valence electrons. The molecule has 0 rings (SSSR count). The van der Waals surface area contributed by atoms with Crippen LogP contribution >= 0.6 is 0 Å². The van der Waals surface area contributed by atoms with Crippen LogP contribution in [0.3, 0.4) is 0 Å². The third-order valence-corrected chi connectivity index (χ3v) is 2.27. The summed E-state index contributed by atoms with van der Waals surface area (Å²) >= 11 is 0. The third kappa shape index (κ3) is 9.24. The molecule has 14 heavy (non-hydrogen) atoms. The monoisotopic (exact) mass is 196 g/mol. The number of carbonyl (C=O) groups is 1. The van der Waals surface area contributed by atoms with Crippen LogP contribution in [0.4, 0.5) is 0 Å². The molecule has 1 heteroatoms. The first-order valence-corrected chi connectivity index (χ1v) is 5.12. The van der Waals surface area contributed by atoms with E-state index < -0.39 is 0 Å². The van der Waals surface area contributed by atoms with E-state index in [2.05, 4.69) is 27.0 Å². The van der Waals surface area contributed by atoms with Gasteiger partial charge in [0.1, 0.15) is 5.78 Å². The fourth-order valence-electron chi connectivity index (χ4n) is 0.574. The zero-order chi connectivity index (χ0) is 11.7. The average Bonchev–Trinajstić information content (AvgIpc) is 2.16. The molecule has 0 aromatic heterocycles. The second kappa shape index (κ2) is 8.74. The van der Waals surface area contributed by atoms with E-state index in [9.17, 15) is 4.79 Å². The maximum absolute atomic E-state index is 10.7. The molecule has 0 aromatic rings. The summed E-state index contributed by atoms with van der Waals surface area (Å²) in [6.07, 6.45) is 3.73. The van der Waals surface area contributed by atoms with Gasteiger partial charge in [0.2, 0.25) is 0 Å². The Hall–Kier alpha value is -0.850. The highest BCUT2D eigenvalue weighted by Crippen LogP contribution is 2.11. The molecule has 0 aliphatic carbocycles. The van der Waals surface area contributed by atoms with Gasteiger partial charge in [-0.3, -0.25) is 4.79 Å². The summed E-state index contributed by atoms with van der Waals surface area (Å²) in [4.78, 5) is 10.7. The fraction of sp³-hybridized carbons (Fsp3) is 0.615. The molecule has 0 N–H and O–H groups in total. The standard InChI is InChI=1S/C8H14O.C5H10/c1-5-6(2)7(3)8(4)9;1-4-5(2)3/h5-7H,1H2,2-4H3;4-5H,1H2,2-3H3. The lowest BCUT2D eigenvalue weighted by Gasteiger charge is -2.10. The van der Waals surface area contributed by atoms with Gasteiger partial charge in [0.15, 0.2) is 0 Å². The maximum Gasteiger partial charge on any atom is 0.133 e. The summed E-state index contributed by atoms with van der Waals surface area (Å²) in [5.74, 6) is 1.32. The minimum absolute atomic E-state index is 0.127. The minimum atomic E-state index is 0.127. The highest BCUT2D eigenvalue weighted by molar-refractivity contribution is 5.78. The van der Waals surface area contributed by atoms with Gasteiger partial charge in [-0.2, -0.15) is 0 Å². The Morgan fingerprint density at radius 1 is 1.07 bits per heavy atom. The third-order valence-electron chi connectivity index (χ3n) is 2.27. The number of rotatable bonds is 4. The Kier molecular flexibility index (Phi) is 9.74. The van der Waals surface area contributed by atoms with Gasteiger partial charge in [-0.15, -0.1) is 13.2 Å². The molecule has 0 aliphatic rings. The highest BCUT2D eigenvalue weighted by Gasteiger charge is 2.12. The zero-order valence-electron chi connectivity index (χ0n) is 10.2. The van der Waals surface area contributed by atoms with E-state index in [1.165, 1.54) is 0 Å². The molecule has 0 saturated carbocycles. The van der Waals surface area contributed by atoms with E-state index in [1.807, 2.05) is 26.0 Å². The summed E-state index contributed by atoms with van der Waals surface area (Å²) in [6.45, 7) is 16.9. The molecule has 0 fully saturated rings. The zero-order valence-corrected chi connectivity index (χ0v) is 10.2. The van der Waals surface area contributed by atoms with E-state index in [4.69, 9.17) is 0 Å². The Bertz CT molecular complexity index is 180. The molecule has 2 atom stereocenters. The van der Waals surface area contributed by atoms with Gasteiger partial charge in [0, 0.05) is 5.92 Å². The first-order valence-electron chi connectivity index (χ1n) is 5.12. The van der Waals surface area contributed by atoms with Crippen LogP contribution < -0.4 is 0 Å². The van der Waals surface area contributed by atoms with Crippen LogP contribution in [-0.2, 0) is 4.79 Å².